The van der Waals surface area contributed by atoms with Gasteiger partial charge in [0.15, 0.2) is 0 Å². The molecule has 0 atom stereocenters. The first kappa shape index (κ1) is 17.6. The fourth-order valence-electron chi connectivity index (χ4n) is 1.80. The lowest BCUT2D eigenvalue weighted by molar-refractivity contribution is -0.137. The van der Waals surface area contributed by atoms with Crippen LogP contribution in [0, 0.1) is 0 Å². The number of hydrogen-bond donors (Lipinski definition) is 3. The molecule has 0 bridgehead atoms. The summed E-state index contributed by atoms with van der Waals surface area (Å²) in [5, 5.41) is 2.60. The summed E-state index contributed by atoms with van der Waals surface area (Å²) < 4.78 is 38.5. The average molecular weight is 321 g/mol. The summed E-state index contributed by atoms with van der Waals surface area (Å²) in [6, 6.07) is 3.37. The number of halogens is 3. The van der Waals surface area contributed by atoms with Gasteiger partial charge in [-0.05, 0) is 37.0 Å². The lowest BCUT2D eigenvalue weighted by Crippen LogP contribution is -2.27. The maximum Gasteiger partial charge on any atom is 0.418 e. The normalized spacial score (nSPS) is 11.3. The van der Waals surface area contributed by atoms with E-state index in [1.165, 1.54) is 12.1 Å². The molecule has 0 saturated carbocycles. The number of hydrazine groups is 1. The van der Waals surface area contributed by atoms with Gasteiger partial charge in [0.2, 0.25) is 0 Å². The Morgan fingerprint density at radius 2 is 2.05 bits per heavy atom. The Kier molecular flexibility index (Phi) is 6.83. The Hall–Kier alpha value is -1.41. The summed E-state index contributed by atoms with van der Waals surface area (Å²) in [7, 11) is 0. The summed E-state index contributed by atoms with van der Waals surface area (Å²) in [5.74, 6) is 5.56. The van der Waals surface area contributed by atoms with Gasteiger partial charge in [-0.25, -0.2) is 0 Å². The summed E-state index contributed by atoms with van der Waals surface area (Å²) in [6.07, 6.45) is -0.875. The number of nitrogens with two attached hydrogens (primary N) is 1. The molecule has 4 N–H and O–H groups in total. The van der Waals surface area contributed by atoms with Gasteiger partial charge in [0.25, 0.3) is 5.91 Å². The molecular weight excluding hydrogens is 303 g/mol. The summed E-state index contributed by atoms with van der Waals surface area (Å²) in [6.45, 7) is 0.416. The Labute approximate surface area is 125 Å². The molecule has 0 radical (unpaired) electrons. The Balaban J connectivity index is 2.80. The van der Waals surface area contributed by atoms with Gasteiger partial charge in [-0.1, -0.05) is 6.07 Å². The van der Waals surface area contributed by atoms with Crippen molar-refractivity contribution in [1.82, 2.24) is 5.32 Å². The molecule has 0 spiro atoms. The fourth-order valence-corrected chi connectivity index (χ4v) is 2.29. The number of benzene rings is 1. The number of thioether (sulfide) groups is 1. The summed E-state index contributed by atoms with van der Waals surface area (Å²) in [5.41, 5.74) is 0.496. The van der Waals surface area contributed by atoms with Gasteiger partial charge in [0.1, 0.15) is 0 Å². The second-order valence-electron chi connectivity index (χ2n) is 4.33. The zero-order valence-electron chi connectivity index (χ0n) is 11.6. The van der Waals surface area contributed by atoms with Crippen molar-refractivity contribution in [2.45, 2.75) is 19.0 Å². The summed E-state index contributed by atoms with van der Waals surface area (Å²) in [4.78, 5) is 12.0. The predicted octanol–water partition coefficient (Wildman–Crippen LogP) is 2.86. The largest absolute Gasteiger partial charge is 0.418 e. The minimum atomic E-state index is -4.57. The van der Waals surface area contributed by atoms with E-state index in [1.807, 2.05) is 11.7 Å². The molecule has 0 heterocycles. The van der Waals surface area contributed by atoms with Crippen molar-refractivity contribution in [1.29, 1.82) is 0 Å². The number of amides is 1. The van der Waals surface area contributed by atoms with Crippen molar-refractivity contribution in [2.24, 2.45) is 5.84 Å². The van der Waals surface area contributed by atoms with Crippen LogP contribution in [0.4, 0.5) is 18.9 Å². The van der Waals surface area contributed by atoms with Crippen LogP contribution in [-0.4, -0.2) is 24.5 Å². The molecule has 4 nitrogen and oxygen atoms in total. The molecule has 0 aliphatic rings. The molecule has 1 aromatic rings. The second kappa shape index (κ2) is 8.14. The van der Waals surface area contributed by atoms with E-state index < -0.39 is 23.3 Å². The number of rotatable bonds is 7. The monoisotopic (exact) mass is 321 g/mol. The third-order valence-corrected chi connectivity index (χ3v) is 3.52. The zero-order chi connectivity index (χ0) is 15.9. The zero-order valence-corrected chi connectivity index (χ0v) is 12.4. The maximum absolute atomic E-state index is 12.8. The van der Waals surface area contributed by atoms with Crippen LogP contribution in [0.15, 0.2) is 18.2 Å². The van der Waals surface area contributed by atoms with E-state index >= 15 is 0 Å². The van der Waals surface area contributed by atoms with Gasteiger partial charge in [-0.3, -0.25) is 10.6 Å². The molecule has 1 aromatic carbocycles. The number of carbonyl (C=O) groups is 1. The lowest BCUT2D eigenvalue weighted by Gasteiger charge is -2.16. The lowest BCUT2D eigenvalue weighted by atomic mass is 10.1. The van der Waals surface area contributed by atoms with Crippen LogP contribution in [0.25, 0.3) is 0 Å². The van der Waals surface area contributed by atoms with Crippen molar-refractivity contribution >= 4 is 23.4 Å². The van der Waals surface area contributed by atoms with Crippen LogP contribution < -0.4 is 16.6 Å². The molecule has 0 fully saturated rings. The van der Waals surface area contributed by atoms with Gasteiger partial charge in [-0.15, -0.1) is 0 Å². The van der Waals surface area contributed by atoms with Crippen molar-refractivity contribution in [2.75, 3.05) is 24.0 Å². The van der Waals surface area contributed by atoms with Gasteiger partial charge in [0.05, 0.1) is 16.8 Å². The van der Waals surface area contributed by atoms with E-state index in [4.69, 9.17) is 5.84 Å². The van der Waals surface area contributed by atoms with Gasteiger partial charge in [0, 0.05) is 6.54 Å². The van der Waals surface area contributed by atoms with Crippen LogP contribution in [0.3, 0.4) is 0 Å². The highest BCUT2D eigenvalue weighted by Crippen LogP contribution is 2.36. The van der Waals surface area contributed by atoms with Crippen LogP contribution in [0.2, 0.25) is 0 Å². The molecule has 1 rings (SSSR count). The molecule has 1 amide bonds. The fraction of sp³-hybridized carbons (Fsp3) is 0.462. The molecule has 0 aliphatic heterocycles. The number of carbonyl (C=O) groups excluding carboxylic acids is 1. The number of unbranched alkanes of at least 4 members (excludes halogenated alkanes) is 1. The second-order valence-corrected chi connectivity index (χ2v) is 5.31. The number of nitrogen functional groups attached to an aromatic ring is 1. The highest BCUT2D eigenvalue weighted by molar-refractivity contribution is 7.98. The van der Waals surface area contributed by atoms with E-state index in [1.54, 1.807) is 11.8 Å². The highest BCUT2D eigenvalue weighted by atomic mass is 32.2. The first-order valence-corrected chi connectivity index (χ1v) is 7.75. The highest BCUT2D eigenvalue weighted by Gasteiger charge is 2.35. The molecular formula is C13H18F3N3OS. The van der Waals surface area contributed by atoms with Crippen molar-refractivity contribution in [3.63, 3.8) is 0 Å². The predicted molar refractivity (Wildman–Crippen MR) is 79.2 cm³/mol. The SMILES string of the molecule is CSCCCCNC(=O)c1cccc(C(F)(F)F)c1NN. The quantitative estimate of drug-likeness (QED) is 0.410. The number of anilines is 1. The van der Waals surface area contributed by atoms with E-state index in [-0.39, 0.29) is 5.56 Å². The first-order chi connectivity index (χ1) is 9.91. The smallest absolute Gasteiger partial charge is 0.352 e. The van der Waals surface area contributed by atoms with E-state index in [2.05, 4.69) is 5.32 Å². The van der Waals surface area contributed by atoms with Crippen LogP contribution >= 0.6 is 11.8 Å². The standard InChI is InChI=1S/C13H18F3N3OS/c1-21-8-3-2-7-18-12(20)9-5-4-6-10(11(9)19-17)13(14,15)16/h4-6,19H,2-3,7-8,17H2,1H3,(H,18,20). The molecule has 0 saturated heterocycles. The molecule has 0 unspecified atom stereocenters. The van der Waals surface area contributed by atoms with E-state index in [0.29, 0.717) is 6.54 Å². The van der Waals surface area contributed by atoms with Crippen molar-refractivity contribution < 1.29 is 18.0 Å². The van der Waals surface area contributed by atoms with Crippen LogP contribution in [-0.2, 0) is 6.18 Å². The van der Waals surface area contributed by atoms with Crippen LogP contribution in [0.5, 0.6) is 0 Å². The van der Waals surface area contributed by atoms with Gasteiger partial charge in [-0.2, -0.15) is 24.9 Å². The molecule has 8 heteroatoms. The molecule has 118 valence electrons. The minimum absolute atomic E-state index is 0.114. The average Bonchev–Trinajstić information content (AvgIpc) is 2.45. The maximum atomic E-state index is 12.8. The third kappa shape index (κ3) is 5.13. The van der Waals surface area contributed by atoms with Crippen molar-refractivity contribution in [3.8, 4) is 0 Å². The Morgan fingerprint density at radius 1 is 1.33 bits per heavy atom. The number of alkyl halides is 3. The molecule has 21 heavy (non-hydrogen) atoms. The number of nitrogens with one attached hydrogen (secondary N) is 2. The molecule has 0 aromatic heterocycles. The van der Waals surface area contributed by atoms with Gasteiger partial charge < -0.3 is 10.7 Å². The topological polar surface area (TPSA) is 67.2 Å². The van der Waals surface area contributed by atoms with Crippen LogP contribution in [0.1, 0.15) is 28.8 Å². The first-order valence-electron chi connectivity index (χ1n) is 6.35. The minimum Gasteiger partial charge on any atom is -0.352 e. The van der Waals surface area contributed by atoms with Crippen molar-refractivity contribution in [3.05, 3.63) is 29.3 Å². The van der Waals surface area contributed by atoms with E-state index in [9.17, 15) is 18.0 Å². The Bertz CT molecular complexity index is 480. The number of para-hydroxylation sites is 1. The van der Waals surface area contributed by atoms with E-state index in [0.717, 1.165) is 24.7 Å². The summed E-state index contributed by atoms with van der Waals surface area (Å²) >= 11 is 1.70. The Morgan fingerprint density at radius 3 is 2.62 bits per heavy atom. The molecule has 0 aliphatic carbocycles. The van der Waals surface area contributed by atoms with Gasteiger partial charge >= 0.3 is 6.18 Å². The number of hydrogen-bond acceptors (Lipinski definition) is 4. The third-order valence-electron chi connectivity index (χ3n) is 2.82.